The van der Waals surface area contributed by atoms with Crippen LogP contribution < -0.4 is 4.90 Å². The molecule has 2 aromatic rings. The Hall–Kier alpha value is -2.42. The highest BCUT2D eigenvalue weighted by molar-refractivity contribution is 6.08. The van der Waals surface area contributed by atoms with E-state index in [2.05, 4.69) is 0 Å². The Morgan fingerprint density at radius 3 is 2.74 bits per heavy atom. The lowest BCUT2D eigenvalue weighted by Gasteiger charge is -2.28. The first-order valence-electron chi connectivity index (χ1n) is 6.24. The Morgan fingerprint density at radius 1 is 1.05 bits per heavy atom. The van der Waals surface area contributed by atoms with Crippen LogP contribution in [0.15, 0.2) is 48.5 Å². The summed E-state index contributed by atoms with van der Waals surface area (Å²) in [6.45, 7) is 0.651. The Morgan fingerprint density at radius 2 is 1.89 bits per heavy atom. The second-order valence-corrected chi connectivity index (χ2v) is 4.58. The van der Waals surface area contributed by atoms with Crippen LogP contribution in [0.25, 0.3) is 0 Å². The van der Waals surface area contributed by atoms with E-state index < -0.39 is 0 Å². The molecule has 0 atom stereocenters. The van der Waals surface area contributed by atoms with Gasteiger partial charge in [-0.15, -0.1) is 0 Å². The van der Waals surface area contributed by atoms with Gasteiger partial charge in [0.05, 0.1) is 0 Å². The number of fused-ring (bicyclic) bond motifs is 1. The lowest BCUT2D eigenvalue weighted by atomic mass is 9.98. The summed E-state index contributed by atoms with van der Waals surface area (Å²) in [5, 5.41) is 0. The molecule has 0 aliphatic carbocycles. The van der Waals surface area contributed by atoms with Crippen LogP contribution in [0.3, 0.4) is 0 Å². The van der Waals surface area contributed by atoms with Crippen LogP contribution in [0, 0.1) is 0 Å². The monoisotopic (exact) mass is 251 g/mol. The average molecular weight is 251 g/mol. The van der Waals surface area contributed by atoms with Gasteiger partial charge in [0.25, 0.3) is 5.91 Å². The molecule has 1 heterocycles. The molecule has 1 aliphatic rings. The topological polar surface area (TPSA) is 37.4 Å². The van der Waals surface area contributed by atoms with Crippen molar-refractivity contribution < 1.29 is 9.59 Å². The third kappa shape index (κ3) is 2.03. The first-order chi connectivity index (χ1) is 9.29. The summed E-state index contributed by atoms with van der Waals surface area (Å²) in [5.74, 6) is 0.00454. The first-order valence-corrected chi connectivity index (χ1v) is 6.24. The van der Waals surface area contributed by atoms with Gasteiger partial charge < -0.3 is 4.90 Å². The molecular formula is C16H13NO2. The van der Waals surface area contributed by atoms with Crippen molar-refractivity contribution in [1.29, 1.82) is 0 Å². The SMILES string of the molecule is O=Cc1cccc(N2CCc3ccccc3C2=O)c1. The molecule has 0 bridgehead atoms. The molecular weight excluding hydrogens is 238 g/mol. The largest absolute Gasteiger partial charge is 0.308 e. The third-order valence-corrected chi connectivity index (χ3v) is 3.42. The van der Waals surface area contributed by atoms with Gasteiger partial charge in [-0.05, 0) is 30.2 Å². The molecule has 1 amide bonds. The summed E-state index contributed by atoms with van der Waals surface area (Å²) in [6.07, 6.45) is 1.64. The number of amides is 1. The van der Waals surface area contributed by atoms with E-state index in [1.54, 1.807) is 23.1 Å². The second kappa shape index (κ2) is 4.69. The van der Waals surface area contributed by atoms with Gasteiger partial charge in [0, 0.05) is 23.4 Å². The van der Waals surface area contributed by atoms with Gasteiger partial charge in [-0.2, -0.15) is 0 Å². The number of rotatable bonds is 2. The highest BCUT2D eigenvalue weighted by Gasteiger charge is 2.24. The zero-order chi connectivity index (χ0) is 13.2. The molecule has 0 N–H and O–H groups in total. The van der Waals surface area contributed by atoms with Crippen LogP contribution in [-0.2, 0) is 6.42 Å². The van der Waals surface area contributed by atoms with E-state index >= 15 is 0 Å². The molecule has 19 heavy (non-hydrogen) atoms. The number of nitrogens with zero attached hydrogens (tertiary/aromatic N) is 1. The highest BCUT2D eigenvalue weighted by Crippen LogP contribution is 2.24. The molecule has 3 rings (SSSR count). The maximum atomic E-state index is 12.5. The van der Waals surface area contributed by atoms with Gasteiger partial charge in [0.1, 0.15) is 6.29 Å². The molecule has 0 radical (unpaired) electrons. The molecule has 0 unspecified atom stereocenters. The molecule has 1 aliphatic heterocycles. The van der Waals surface area contributed by atoms with Crippen molar-refractivity contribution in [3.05, 3.63) is 65.2 Å². The van der Waals surface area contributed by atoms with E-state index in [9.17, 15) is 9.59 Å². The zero-order valence-electron chi connectivity index (χ0n) is 10.4. The van der Waals surface area contributed by atoms with Crippen LogP contribution in [0.2, 0.25) is 0 Å². The number of carbonyl (C=O) groups excluding carboxylic acids is 2. The number of aldehydes is 1. The van der Waals surface area contributed by atoms with Crippen LogP contribution in [0.4, 0.5) is 5.69 Å². The maximum absolute atomic E-state index is 12.5. The summed E-state index contributed by atoms with van der Waals surface area (Å²) >= 11 is 0. The molecule has 3 nitrogen and oxygen atoms in total. The van der Waals surface area contributed by atoms with Gasteiger partial charge in [0.2, 0.25) is 0 Å². The van der Waals surface area contributed by atoms with Gasteiger partial charge in [-0.1, -0.05) is 30.3 Å². The van der Waals surface area contributed by atoms with E-state index in [4.69, 9.17) is 0 Å². The maximum Gasteiger partial charge on any atom is 0.258 e. The third-order valence-electron chi connectivity index (χ3n) is 3.42. The van der Waals surface area contributed by atoms with E-state index in [1.165, 1.54) is 0 Å². The summed E-state index contributed by atoms with van der Waals surface area (Å²) < 4.78 is 0. The predicted molar refractivity (Wildman–Crippen MR) is 73.7 cm³/mol. The molecule has 3 heteroatoms. The van der Waals surface area contributed by atoms with Crippen molar-refractivity contribution in [2.24, 2.45) is 0 Å². The number of benzene rings is 2. The number of anilines is 1. The molecule has 2 aromatic carbocycles. The minimum atomic E-state index is 0.00454. The molecule has 0 saturated heterocycles. The lowest BCUT2D eigenvalue weighted by Crippen LogP contribution is -2.37. The van der Waals surface area contributed by atoms with Crippen molar-refractivity contribution in [3.8, 4) is 0 Å². The van der Waals surface area contributed by atoms with Gasteiger partial charge in [-0.3, -0.25) is 9.59 Å². The molecule has 0 fully saturated rings. The quantitative estimate of drug-likeness (QED) is 0.769. The average Bonchev–Trinajstić information content (AvgIpc) is 2.48. The van der Waals surface area contributed by atoms with Crippen molar-refractivity contribution >= 4 is 17.9 Å². The van der Waals surface area contributed by atoms with E-state index in [0.29, 0.717) is 12.1 Å². The summed E-state index contributed by atoms with van der Waals surface area (Å²) in [5.41, 5.74) is 3.22. The Bertz CT molecular complexity index is 649. The summed E-state index contributed by atoms with van der Waals surface area (Å²) in [7, 11) is 0. The predicted octanol–water partition coefficient (Wildman–Crippen LogP) is 2.70. The second-order valence-electron chi connectivity index (χ2n) is 4.58. The zero-order valence-corrected chi connectivity index (χ0v) is 10.4. The molecule has 94 valence electrons. The van der Waals surface area contributed by atoms with Crippen molar-refractivity contribution in [2.45, 2.75) is 6.42 Å². The summed E-state index contributed by atoms with van der Waals surface area (Å²) in [4.78, 5) is 25.0. The van der Waals surface area contributed by atoms with Crippen molar-refractivity contribution in [3.63, 3.8) is 0 Å². The van der Waals surface area contributed by atoms with Crippen molar-refractivity contribution in [2.75, 3.05) is 11.4 Å². The smallest absolute Gasteiger partial charge is 0.258 e. The molecule has 0 spiro atoms. The molecule has 0 aromatic heterocycles. The van der Waals surface area contributed by atoms with Gasteiger partial charge in [0.15, 0.2) is 0 Å². The standard InChI is InChI=1S/C16H13NO2/c18-11-12-4-3-6-14(10-12)17-9-8-13-5-1-2-7-15(13)16(17)19/h1-7,10-11H,8-9H2. The van der Waals surface area contributed by atoms with E-state index in [-0.39, 0.29) is 5.91 Å². The van der Waals surface area contributed by atoms with E-state index in [0.717, 1.165) is 29.5 Å². The normalized spacial score (nSPS) is 14.1. The lowest BCUT2D eigenvalue weighted by molar-refractivity contribution is 0.0980. The Balaban J connectivity index is 1.99. The fraction of sp³-hybridized carbons (Fsp3) is 0.125. The van der Waals surface area contributed by atoms with Gasteiger partial charge >= 0.3 is 0 Å². The minimum absolute atomic E-state index is 0.00454. The fourth-order valence-electron chi connectivity index (χ4n) is 2.44. The van der Waals surface area contributed by atoms with E-state index in [1.807, 2.05) is 30.3 Å². The first kappa shape index (κ1) is 11.7. The molecule has 0 saturated carbocycles. The minimum Gasteiger partial charge on any atom is -0.308 e. The fourth-order valence-corrected chi connectivity index (χ4v) is 2.44. The van der Waals surface area contributed by atoms with Crippen LogP contribution >= 0.6 is 0 Å². The van der Waals surface area contributed by atoms with Crippen LogP contribution in [0.1, 0.15) is 26.3 Å². The number of hydrogen-bond donors (Lipinski definition) is 0. The Labute approximate surface area is 111 Å². The van der Waals surface area contributed by atoms with Gasteiger partial charge in [-0.25, -0.2) is 0 Å². The van der Waals surface area contributed by atoms with Crippen LogP contribution in [0.5, 0.6) is 0 Å². The highest BCUT2D eigenvalue weighted by atomic mass is 16.2. The Kier molecular flexibility index (Phi) is 2.88. The van der Waals surface area contributed by atoms with Crippen LogP contribution in [-0.4, -0.2) is 18.7 Å². The number of carbonyl (C=O) groups is 2. The number of hydrogen-bond acceptors (Lipinski definition) is 2. The van der Waals surface area contributed by atoms with Crippen molar-refractivity contribution in [1.82, 2.24) is 0 Å². The summed E-state index contributed by atoms with van der Waals surface area (Å²) in [6, 6.07) is 14.8.